The van der Waals surface area contributed by atoms with Crippen molar-refractivity contribution in [2.24, 2.45) is 17.1 Å². The zero-order valence-electron chi connectivity index (χ0n) is 19.6. The van der Waals surface area contributed by atoms with Crippen LogP contribution in [0, 0.1) is 23.2 Å². The third-order valence-corrected chi connectivity index (χ3v) is 5.62. The minimum absolute atomic E-state index is 0.225. The number of nitrogens with one attached hydrogen (secondary N) is 1. The van der Waals surface area contributed by atoms with E-state index in [2.05, 4.69) is 22.1 Å². The van der Waals surface area contributed by atoms with E-state index in [4.69, 9.17) is 15.2 Å². The zero-order valence-corrected chi connectivity index (χ0v) is 19.6. The highest BCUT2D eigenvalue weighted by atomic mass is 19.1. The third-order valence-electron chi connectivity index (χ3n) is 5.62. The average Bonchev–Trinajstić information content (AvgIpc) is 3.03. The summed E-state index contributed by atoms with van der Waals surface area (Å²) < 4.78 is 25.3. The molecule has 0 saturated carbocycles. The predicted molar refractivity (Wildman–Crippen MR) is 124 cm³/mol. The van der Waals surface area contributed by atoms with Gasteiger partial charge < -0.3 is 20.5 Å². The molecule has 0 radical (unpaired) electrons. The summed E-state index contributed by atoms with van der Waals surface area (Å²) in [4.78, 5) is 28.1. The number of ether oxygens (including phenoxy) is 2. The minimum Gasteiger partial charge on any atom is -0.496 e. The fraction of sp³-hybridized carbons (Fsp3) is 0.480. The van der Waals surface area contributed by atoms with Crippen molar-refractivity contribution in [2.75, 3.05) is 13.7 Å². The highest BCUT2D eigenvalue weighted by molar-refractivity contribution is 6.03. The highest BCUT2D eigenvalue weighted by Crippen LogP contribution is 2.33. The summed E-state index contributed by atoms with van der Waals surface area (Å²) >= 11 is 0. The van der Waals surface area contributed by atoms with Gasteiger partial charge in [0.15, 0.2) is 6.17 Å². The van der Waals surface area contributed by atoms with Gasteiger partial charge in [-0.15, -0.1) is 0 Å². The van der Waals surface area contributed by atoms with Crippen LogP contribution in [0.25, 0.3) is 10.8 Å². The number of carbonyl (C=O) groups is 2. The van der Waals surface area contributed by atoms with Crippen molar-refractivity contribution in [3.05, 3.63) is 29.5 Å². The summed E-state index contributed by atoms with van der Waals surface area (Å²) in [6.07, 6.45) is 1.10. The van der Waals surface area contributed by atoms with Crippen LogP contribution in [0.2, 0.25) is 0 Å². The van der Waals surface area contributed by atoms with Crippen molar-refractivity contribution >= 4 is 22.6 Å². The van der Waals surface area contributed by atoms with E-state index < -0.39 is 18.0 Å². The number of aromatic nitrogens is 1. The lowest BCUT2D eigenvalue weighted by atomic mass is 9.94. The SMILES string of the molecule is CC[C@@H]1[C@H](F)C(=O)N[C@@H]1CCOc1ncc(C#CC(C)(C)C)c2cc(C(N)=O)c(OC)cc12. The lowest BCUT2D eigenvalue weighted by molar-refractivity contribution is -0.123. The van der Waals surface area contributed by atoms with Gasteiger partial charge in [-0.25, -0.2) is 9.37 Å². The monoisotopic (exact) mass is 455 g/mol. The molecule has 1 aliphatic rings. The molecule has 3 N–H and O–H groups in total. The molecule has 1 aromatic carbocycles. The Morgan fingerprint density at radius 2 is 2.03 bits per heavy atom. The van der Waals surface area contributed by atoms with Gasteiger partial charge in [-0.3, -0.25) is 9.59 Å². The summed E-state index contributed by atoms with van der Waals surface area (Å²) in [7, 11) is 1.45. The number of halogens is 1. The number of amides is 2. The number of fused-ring (bicyclic) bond motifs is 1. The minimum atomic E-state index is -1.49. The second-order valence-electron chi connectivity index (χ2n) is 9.17. The maximum Gasteiger partial charge on any atom is 0.255 e. The second-order valence-corrected chi connectivity index (χ2v) is 9.17. The van der Waals surface area contributed by atoms with Crippen LogP contribution >= 0.6 is 0 Å². The van der Waals surface area contributed by atoms with Gasteiger partial charge in [0.2, 0.25) is 5.88 Å². The molecule has 3 rings (SSSR count). The molecule has 1 aliphatic heterocycles. The van der Waals surface area contributed by atoms with Crippen molar-refractivity contribution < 1.29 is 23.5 Å². The highest BCUT2D eigenvalue weighted by Gasteiger charge is 2.41. The molecular weight excluding hydrogens is 425 g/mol. The van der Waals surface area contributed by atoms with Crippen molar-refractivity contribution in [1.29, 1.82) is 0 Å². The fourth-order valence-corrected chi connectivity index (χ4v) is 3.90. The van der Waals surface area contributed by atoms with Crippen LogP contribution in [0.15, 0.2) is 18.3 Å². The Morgan fingerprint density at radius 1 is 1.30 bits per heavy atom. The van der Waals surface area contributed by atoms with E-state index in [9.17, 15) is 14.0 Å². The second kappa shape index (κ2) is 9.65. The van der Waals surface area contributed by atoms with E-state index >= 15 is 0 Å². The lowest BCUT2D eigenvalue weighted by Gasteiger charge is -2.18. The molecule has 8 heteroatoms. The first-order valence-electron chi connectivity index (χ1n) is 11.0. The van der Waals surface area contributed by atoms with Crippen LogP contribution in [-0.4, -0.2) is 42.7 Å². The third kappa shape index (κ3) is 5.36. The van der Waals surface area contributed by atoms with Crippen molar-refractivity contribution in [3.8, 4) is 23.5 Å². The van der Waals surface area contributed by atoms with E-state index in [0.717, 1.165) is 0 Å². The summed E-state index contributed by atoms with van der Waals surface area (Å²) in [6, 6.07) is 3.00. The topological polar surface area (TPSA) is 104 Å². The summed E-state index contributed by atoms with van der Waals surface area (Å²) in [5.74, 6) is 5.37. The molecule has 1 saturated heterocycles. The van der Waals surface area contributed by atoms with Gasteiger partial charge >= 0.3 is 0 Å². The average molecular weight is 456 g/mol. The van der Waals surface area contributed by atoms with Crippen LogP contribution in [-0.2, 0) is 4.79 Å². The molecular formula is C25H30FN3O4. The summed E-state index contributed by atoms with van der Waals surface area (Å²) in [5, 5.41) is 3.98. The molecule has 176 valence electrons. The molecule has 1 fully saturated rings. The predicted octanol–water partition coefficient (Wildman–Crippen LogP) is 3.37. The number of nitrogens with zero attached hydrogens (tertiary/aromatic N) is 1. The number of rotatable bonds is 7. The Morgan fingerprint density at radius 3 is 2.64 bits per heavy atom. The van der Waals surface area contributed by atoms with Gasteiger partial charge in [0.1, 0.15) is 5.75 Å². The van der Waals surface area contributed by atoms with E-state index in [1.165, 1.54) is 7.11 Å². The Labute approximate surface area is 193 Å². The van der Waals surface area contributed by atoms with Gasteiger partial charge in [-0.1, -0.05) is 18.8 Å². The Balaban J connectivity index is 1.95. The van der Waals surface area contributed by atoms with Crippen LogP contribution < -0.4 is 20.5 Å². The largest absolute Gasteiger partial charge is 0.496 e. The standard InChI is InChI=1S/C25H30FN3O4/c1-6-15-19(29-23(31)21(15)26)8-10-33-24-17-12-20(32-5)18(22(27)30)11-16(17)14(13-28-24)7-9-25(2,3)4/h11-13,15,19,21H,6,8,10H2,1-5H3,(H2,27,30)(H,29,31)/t15-,19+,21-/m0/s1. The van der Waals surface area contributed by atoms with Gasteiger partial charge in [-0.2, -0.15) is 0 Å². The summed E-state index contributed by atoms with van der Waals surface area (Å²) in [6.45, 7) is 8.08. The molecule has 0 unspecified atom stereocenters. The number of pyridine rings is 1. The number of primary amides is 1. The lowest BCUT2D eigenvalue weighted by Crippen LogP contribution is -2.30. The van der Waals surface area contributed by atoms with Gasteiger partial charge in [0, 0.05) is 40.8 Å². The van der Waals surface area contributed by atoms with Crippen molar-refractivity contribution in [2.45, 2.75) is 52.8 Å². The van der Waals surface area contributed by atoms with Crippen molar-refractivity contribution in [1.82, 2.24) is 10.3 Å². The first-order valence-corrected chi connectivity index (χ1v) is 11.0. The summed E-state index contributed by atoms with van der Waals surface area (Å²) in [5.41, 5.74) is 6.18. The molecule has 3 atom stereocenters. The van der Waals surface area contributed by atoms with Crippen LogP contribution in [0.5, 0.6) is 11.6 Å². The van der Waals surface area contributed by atoms with E-state index in [0.29, 0.717) is 40.8 Å². The number of benzene rings is 1. The number of carbonyl (C=O) groups excluding carboxylic acids is 2. The van der Waals surface area contributed by atoms with Gasteiger partial charge in [0.25, 0.3) is 11.8 Å². The molecule has 1 aromatic heterocycles. The maximum atomic E-state index is 14.0. The number of hydrogen-bond donors (Lipinski definition) is 2. The van der Waals surface area contributed by atoms with Crippen LogP contribution in [0.1, 0.15) is 56.5 Å². The molecule has 33 heavy (non-hydrogen) atoms. The Kier molecular flexibility index (Phi) is 7.11. The molecule has 2 aromatic rings. The maximum absolute atomic E-state index is 14.0. The number of hydrogen-bond acceptors (Lipinski definition) is 5. The van der Waals surface area contributed by atoms with Gasteiger partial charge in [-0.05, 0) is 39.3 Å². The molecule has 2 amide bonds. The van der Waals surface area contributed by atoms with E-state index in [-0.39, 0.29) is 29.5 Å². The first kappa shape index (κ1) is 24.3. The van der Waals surface area contributed by atoms with Crippen LogP contribution in [0.3, 0.4) is 0 Å². The number of methoxy groups -OCH3 is 1. The first-order chi connectivity index (χ1) is 15.6. The number of alkyl halides is 1. The normalized spacial score (nSPS) is 20.2. The smallest absolute Gasteiger partial charge is 0.255 e. The molecule has 2 heterocycles. The zero-order chi connectivity index (χ0) is 24.3. The van der Waals surface area contributed by atoms with Crippen LogP contribution in [0.4, 0.5) is 4.39 Å². The van der Waals surface area contributed by atoms with E-state index in [1.54, 1.807) is 18.3 Å². The Bertz CT molecular complexity index is 1130. The molecule has 7 nitrogen and oxygen atoms in total. The van der Waals surface area contributed by atoms with E-state index in [1.807, 2.05) is 27.7 Å². The molecule has 0 aliphatic carbocycles. The molecule has 0 spiro atoms. The van der Waals surface area contributed by atoms with Gasteiger partial charge in [0.05, 0.1) is 24.8 Å². The Hall–Kier alpha value is -3.34. The van der Waals surface area contributed by atoms with Crippen molar-refractivity contribution in [3.63, 3.8) is 0 Å². The molecule has 0 bridgehead atoms. The fourth-order valence-electron chi connectivity index (χ4n) is 3.90. The quantitative estimate of drug-likeness (QED) is 0.623. The number of nitrogens with two attached hydrogens (primary N) is 1.